The van der Waals surface area contributed by atoms with Crippen LogP contribution in [0.25, 0.3) is 0 Å². The number of aryl methyl sites for hydroxylation is 2. The summed E-state index contributed by atoms with van der Waals surface area (Å²) in [6.07, 6.45) is 3.79. The Morgan fingerprint density at radius 3 is 1.75 bits per heavy atom. The van der Waals surface area contributed by atoms with Crippen LogP contribution in [0.1, 0.15) is 42.4 Å². The van der Waals surface area contributed by atoms with Crippen molar-refractivity contribution in [3.8, 4) is 0 Å². The second-order valence-corrected chi connectivity index (χ2v) is 5.63. The van der Waals surface area contributed by atoms with Crippen molar-refractivity contribution in [2.24, 2.45) is 0 Å². The van der Waals surface area contributed by atoms with Crippen LogP contribution in [-0.4, -0.2) is 41.4 Å². The summed E-state index contributed by atoms with van der Waals surface area (Å²) in [6, 6.07) is 6.70. The molecule has 0 heterocycles. The maximum absolute atomic E-state index is 8.90. The van der Waals surface area contributed by atoms with Gasteiger partial charge < -0.3 is 10.2 Å². The summed E-state index contributed by atoms with van der Waals surface area (Å²) in [7, 11) is 0. The van der Waals surface area contributed by atoms with E-state index in [9.17, 15) is 0 Å². The third-order valence-corrected chi connectivity index (χ3v) is 3.45. The highest BCUT2D eigenvalue weighted by molar-refractivity contribution is 5.28. The van der Waals surface area contributed by atoms with Crippen molar-refractivity contribution in [3.05, 3.63) is 34.9 Å². The van der Waals surface area contributed by atoms with Gasteiger partial charge in [-0.2, -0.15) is 0 Å². The predicted molar refractivity (Wildman–Crippen MR) is 83.8 cm³/mol. The van der Waals surface area contributed by atoms with Crippen molar-refractivity contribution < 1.29 is 10.2 Å². The molecule has 0 aromatic heterocycles. The zero-order valence-corrected chi connectivity index (χ0v) is 12.9. The van der Waals surface area contributed by atoms with E-state index >= 15 is 0 Å². The molecule has 2 N–H and O–H groups in total. The van der Waals surface area contributed by atoms with Crippen LogP contribution in [0, 0.1) is 13.8 Å². The Morgan fingerprint density at radius 2 is 1.30 bits per heavy atom. The largest absolute Gasteiger partial charge is 0.396 e. The third-order valence-electron chi connectivity index (χ3n) is 3.45. The molecule has 0 atom stereocenters. The van der Waals surface area contributed by atoms with Gasteiger partial charge >= 0.3 is 0 Å². The van der Waals surface area contributed by atoms with Gasteiger partial charge in [-0.25, -0.2) is 0 Å². The van der Waals surface area contributed by atoms with Crippen LogP contribution in [0.15, 0.2) is 18.2 Å². The fourth-order valence-corrected chi connectivity index (χ4v) is 2.58. The fraction of sp³-hybridized carbons (Fsp3) is 0.647. The third kappa shape index (κ3) is 7.04. The predicted octanol–water partition coefficient (Wildman–Crippen LogP) is 2.65. The minimum atomic E-state index is 0.272. The Bertz CT molecular complexity index is 349. The van der Waals surface area contributed by atoms with E-state index in [4.69, 9.17) is 10.2 Å². The number of nitrogens with zero attached hydrogens (tertiary/aromatic N) is 1. The van der Waals surface area contributed by atoms with Gasteiger partial charge in [0.1, 0.15) is 0 Å². The fourth-order valence-electron chi connectivity index (χ4n) is 2.58. The highest BCUT2D eigenvalue weighted by atomic mass is 16.3. The van der Waals surface area contributed by atoms with E-state index in [1.807, 2.05) is 0 Å². The van der Waals surface area contributed by atoms with Gasteiger partial charge in [0.15, 0.2) is 0 Å². The van der Waals surface area contributed by atoms with Gasteiger partial charge in [0.25, 0.3) is 0 Å². The van der Waals surface area contributed by atoms with Crippen molar-refractivity contribution in [1.29, 1.82) is 0 Å². The lowest BCUT2D eigenvalue weighted by Crippen LogP contribution is -2.26. The highest BCUT2D eigenvalue weighted by Crippen LogP contribution is 2.12. The molecule has 0 unspecified atom stereocenters. The first-order valence-corrected chi connectivity index (χ1v) is 7.67. The number of rotatable bonds is 10. The van der Waals surface area contributed by atoms with Crippen LogP contribution in [0.2, 0.25) is 0 Å². The molecule has 0 bridgehead atoms. The summed E-state index contributed by atoms with van der Waals surface area (Å²) in [5.74, 6) is 0. The lowest BCUT2D eigenvalue weighted by atomic mass is 10.1. The number of hydrogen-bond acceptors (Lipinski definition) is 3. The number of aliphatic hydroxyl groups excluding tert-OH is 2. The van der Waals surface area contributed by atoms with E-state index in [2.05, 4.69) is 36.9 Å². The molecule has 0 saturated carbocycles. The number of benzene rings is 1. The van der Waals surface area contributed by atoms with Gasteiger partial charge in [0.05, 0.1) is 0 Å². The quantitative estimate of drug-likeness (QED) is 0.647. The first-order chi connectivity index (χ1) is 9.65. The minimum Gasteiger partial charge on any atom is -0.396 e. The van der Waals surface area contributed by atoms with E-state index in [1.54, 1.807) is 0 Å². The summed E-state index contributed by atoms with van der Waals surface area (Å²) in [4.78, 5) is 2.43. The average molecular weight is 279 g/mol. The molecule has 0 aliphatic carbocycles. The monoisotopic (exact) mass is 279 g/mol. The minimum absolute atomic E-state index is 0.272. The lowest BCUT2D eigenvalue weighted by Gasteiger charge is -2.22. The van der Waals surface area contributed by atoms with Gasteiger partial charge in [0, 0.05) is 19.8 Å². The summed E-state index contributed by atoms with van der Waals surface area (Å²) < 4.78 is 0. The molecule has 0 aliphatic rings. The molecule has 114 valence electrons. The molecule has 0 amide bonds. The smallest absolute Gasteiger partial charge is 0.0431 e. The highest BCUT2D eigenvalue weighted by Gasteiger charge is 2.06. The molecule has 0 saturated heterocycles. The van der Waals surface area contributed by atoms with E-state index in [-0.39, 0.29) is 13.2 Å². The van der Waals surface area contributed by atoms with Crippen molar-refractivity contribution >= 4 is 0 Å². The van der Waals surface area contributed by atoms with Crippen LogP contribution in [0.5, 0.6) is 0 Å². The van der Waals surface area contributed by atoms with Gasteiger partial charge in [-0.3, -0.25) is 4.90 Å². The van der Waals surface area contributed by atoms with Gasteiger partial charge in [-0.15, -0.1) is 0 Å². The molecule has 20 heavy (non-hydrogen) atoms. The topological polar surface area (TPSA) is 43.7 Å². The first-order valence-electron chi connectivity index (χ1n) is 7.67. The Kier molecular flexibility index (Phi) is 8.51. The Hall–Kier alpha value is -0.900. The SMILES string of the molecule is Cc1cc(C)cc(CN(CCCCO)CCCCO)c1. The van der Waals surface area contributed by atoms with Crippen LogP contribution in [0.4, 0.5) is 0 Å². The molecule has 0 aliphatic heterocycles. The molecule has 3 nitrogen and oxygen atoms in total. The molecule has 0 radical (unpaired) electrons. The van der Waals surface area contributed by atoms with Crippen LogP contribution in [-0.2, 0) is 6.54 Å². The maximum atomic E-state index is 8.90. The lowest BCUT2D eigenvalue weighted by molar-refractivity contribution is 0.221. The number of hydrogen-bond donors (Lipinski definition) is 2. The molecule has 1 rings (SSSR count). The summed E-state index contributed by atoms with van der Waals surface area (Å²) in [5.41, 5.74) is 3.98. The number of aliphatic hydroxyl groups is 2. The molecular formula is C17H29NO2. The summed E-state index contributed by atoms with van der Waals surface area (Å²) in [5, 5.41) is 17.8. The second kappa shape index (κ2) is 9.92. The van der Waals surface area contributed by atoms with Crippen molar-refractivity contribution in [2.75, 3.05) is 26.3 Å². The standard InChI is InChI=1S/C17H29NO2/c1-15-11-16(2)13-17(12-15)14-18(7-3-5-9-19)8-4-6-10-20/h11-13,19-20H,3-10,14H2,1-2H3. The molecule has 0 spiro atoms. The Labute approximate surface area is 123 Å². The Morgan fingerprint density at radius 1 is 0.800 bits per heavy atom. The molecule has 1 aromatic carbocycles. The van der Waals surface area contributed by atoms with Gasteiger partial charge in [-0.1, -0.05) is 29.3 Å². The summed E-state index contributed by atoms with van der Waals surface area (Å²) in [6.45, 7) is 7.80. The zero-order valence-electron chi connectivity index (χ0n) is 12.9. The van der Waals surface area contributed by atoms with Crippen molar-refractivity contribution in [3.63, 3.8) is 0 Å². The molecule has 0 fully saturated rings. The van der Waals surface area contributed by atoms with Crippen molar-refractivity contribution in [2.45, 2.75) is 46.1 Å². The normalized spacial score (nSPS) is 11.2. The first kappa shape index (κ1) is 17.2. The van der Waals surface area contributed by atoms with Crippen LogP contribution < -0.4 is 0 Å². The van der Waals surface area contributed by atoms with E-state index in [1.165, 1.54) is 16.7 Å². The summed E-state index contributed by atoms with van der Waals surface area (Å²) >= 11 is 0. The van der Waals surface area contributed by atoms with Crippen LogP contribution >= 0.6 is 0 Å². The van der Waals surface area contributed by atoms with E-state index in [0.717, 1.165) is 45.3 Å². The molecular weight excluding hydrogens is 250 g/mol. The second-order valence-electron chi connectivity index (χ2n) is 5.63. The molecule has 3 heteroatoms. The maximum Gasteiger partial charge on any atom is 0.0431 e. The molecule has 1 aromatic rings. The van der Waals surface area contributed by atoms with Gasteiger partial charge in [0.2, 0.25) is 0 Å². The van der Waals surface area contributed by atoms with Gasteiger partial charge in [-0.05, 0) is 58.2 Å². The number of unbranched alkanes of at least 4 members (excludes halogenated alkanes) is 2. The average Bonchev–Trinajstić information content (AvgIpc) is 2.38. The van der Waals surface area contributed by atoms with E-state index < -0.39 is 0 Å². The van der Waals surface area contributed by atoms with Crippen LogP contribution in [0.3, 0.4) is 0 Å². The zero-order chi connectivity index (χ0) is 14.8. The Balaban J connectivity index is 2.56. The van der Waals surface area contributed by atoms with Crippen molar-refractivity contribution in [1.82, 2.24) is 4.90 Å². The van der Waals surface area contributed by atoms with E-state index in [0.29, 0.717) is 0 Å².